The Balaban J connectivity index is 4.94. The summed E-state index contributed by atoms with van der Waals surface area (Å²) >= 11 is 0. The van der Waals surface area contributed by atoms with Gasteiger partial charge in [-0.1, -0.05) is 13.3 Å². The quantitative estimate of drug-likeness (QED) is 0.585. The standard InChI is InChI=1S/C9H18N2O6S/c1-3-4-5-10(2)18(16,17)11(6-8(12)13)7-9(14)15/h3-7H2,1-2H3,(H,12,13)(H,14,15). The van der Waals surface area contributed by atoms with Crippen molar-refractivity contribution in [2.45, 2.75) is 19.8 Å². The van der Waals surface area contributed by atoms with Crippen LogP contribution >= 0.6 is 0 Å². The number of carboxylic acids is 2. The topological polar surface area (TPSA) is 115 Å². The van der Waals surface area contributed by atoms with Gasteiger partial charge < -0.3 is 10.2 Å². The molecule has 0 aromatic carbocycles. The molecule has 0 amide bonds. The van der Waals surface area contributed by atoms with Crippen molar-refractivity contribution in [3.8, 4) is 0 Å². The average molecular weight is 282 g/mol. The van der Waals surface area contributed by atoms with Gasteiger partial charge in [0.15, 0.2) is 0 Å². The molecule has 0 unspecified atom stereocenters. The van der Waals surface area contributed by atoms with Crippen molar-refractivity contribution in [2.75, 3.05) is 26.7 Å². The van der Waals surface area contributed by atoms with Gasteiger partial charge in [0.05, 0.1) is 0 Å². The van der Waals surface area contributed by atoms with E-state index in [2.05, 4.69) is 0 Å². The lowest BCUT2D eigenvalue weighted by atomic mass is 10.3. The maximum absolute atomic E-state index is 11.9. The summed E-state index contributed by atoms with van der Waals surface area (Å²) in [6, 6.07) is 0. The molecule has 0 fully saturated rings. The lowest BCUT2D eigenvalue weighted by Crippen LogP contribution is -2.46. The summed E-state index contributed by atoms with van der Waals surface area (Å²) in [5, 5.41) is 17.2. The molecule has 8 nitrogen and oxygen atoms in total. The number of hydrogen-bond acceptors (Lipinski definition) is 4. The van der Waals surface area contributed by atoms with Crippen LogP contribution < -0.4 is 0 Å². The van der Waals surface area contributed by atoms with E-state index in [-0.39, 0.29) is 6.54 Å². The lowest BCUT2D eigenvalue weighted by Gasteiger charge is -2.24. The second kappa shape index (κ2) is 7.29. The molecule has 0 radical (unpaired) electrons. The van der Waals surface area contributed by atoms with Gasteiger partial charge >= 0.3 is 11.9 Å². The molecule has 0 aliphatic rings. The van der Waals surface area contributed by atoms with Crippen LogP contribution in [0.3, 0.4) is 0 Å². The van der Waals surface area contributed by atoms with Crippen molar-refractivity contribution in [1.82, 2.24) is 8.61 Å². The fraction of sp³-hybridized carbons (Fsp3) is 0.778. The minimum absolute atomic E-state index is 0.217. The summed E-state index contributed by atoms with van der Waals surface area (Å²) in [7, 11) is -2.77. The third-order valence-corrected chi connectivity index (χ3v) is 4.05. The smallest absolute Gasteiger partial charge is 0.318 e. The fourth-order valence-electron chi connectivity index (χ4n) is 1.21. The normalized spacial score (nSPS) is 12.0. The van der Waals surface area contributed by atoms with E-state index in [1.807, 2.05) is 6.92 Å². The Kier molecular flexibility index (Phi) is 6.81. The molecular formula is C9H18N2O6S. The molecule has 0 rings (SSSR count). The zero-order valence-corrected chi connectivity index (χ0v) is 11.2. The molecule has 0 bridgehead atoms. The van der Waals surface area contributed by atoms with E-state index in [1.54, 1.807) is 0 Å². The second-order valence-corrected chi connectivity index (χ2v) is 5.77. The first-order chi connectivity index (χ1) is 8.21. The van der Waals surface area contributed by atoms with Crippen molar-refractivity contribution in [3.05, 3.63) is 0 Å². The Labute approximate surface area is 106 Å². The van der Waals surface area contributed by atoms with E-state index < -0.39 is 35.2 Å². The molecule has 0 aliphatic heterocycles. The first-order valence-electron chi connectivity index (χ1n) is 5.36. The maximum Gasteiger partial charge on any atom is 0.318 e. The molecule has 106 valence electrons. The van der Waals surface area contributed by atoms with E-state index in [0.29, 0.717) is 10.7 Å². The lowest BCUT2D eigenvalue weighted by molar-refractivity contribution is -0.139. The zero-order valence-electron chi connectivity index (χ0n) is 10.4. The largest absolute Gasteiger partial charge is 0.480 e. The summed E-state index contributed by atoms with van der Waals surface area (Å²) < 4.78 is 25.3. The van der Waals surface area contributed by atoms with Gasteiger partial charge in [0.1, 0.15) is 13.1 Å². The van der Waals surface area contributed by atoms with Crippen LogP contribution in [0, 0.1) is 0 Å². The number of nitrogens with zero attached hydrogens (tertiary/aromatic N) is 2. The number of carboxylic acid groups (broad SMARTS) is 2. The first-order valence-corrected chi connectivity index (χ1v) is 6.76. The van der Waals surface area contributed by atoms with Crippen LogP contribution in [0.1, 0.15) is 19.8 Å². The molecule has 0 aliphatic carbocycles. The van der Waals surface area contributed by atoms with Crippen LogP contribution in [-0.2, 0) is 19.8 Å². The van der Waals surface area contributed by atoms with Crippen molar-refractivity contribution in [3.63, 3.8) is 0 Å². The van der Waals surface area contributed by atoms with E-state index in [9.17, 15) is 18.0 Å². The van der Waals surface area contributed by atoms with E-state index in [4.69, 9.17) is 10.2 Å². The van der Waals surface area contributed by atoms with Gasteiger partial charge in [0, 0.05) is 13.6 Å². The number of rotatable bonds is 9. The molecule has 2 N–H and O–H groups in total. The van der Waals surface area contributed by atoms with E-state index in [0.717, 1.165) is 10.7 Å². The van der Waals surface area contributed by atoms with Gasteiger partial charge in [-0.2, -0.15) is 17.0 Å². The van der Waals surface area contributed by atoms with Gasteiger partial charge in [0.25, 0.3) is 10.2 Å². The Morgan fingerprint density at radius 3 is 1.89 bits per heavy atom. The van der Waals surface area contributed by atoms with Gasteiger partial charge in [-0.25, -0.2) is 0 Å². The van der Waals surface area contributed by atoms with Crippen molar-refractivity contribution in [2.24, 2.45) is 0 Å². The summed E-state index contributed by atoms with van der Waals surface area (Å²) in [5.74, 6) is -2.80. The Morgan fingerprint density at radius 2 is 1.56 bits per heavy atom. The highest BCUT2D eigenvalue weighted by atomic mass is 32.2. The molecule has 0 saturated carbocycles. The maximum atomic E-state index is 11.9. The number of aliphatic carboxylic acids is 2. The summed E-state index contributed by atoms with van der Waals surface area (Å²) in [5.41, 5.74) is 0. The SMILES string of the molecule is CCCCN(C)S(=O)(=O)N(CC(=O)O)CC(=O)O. The molecule has 0 spiro atoms. The van der Waals surface area contributed by atoms with Gasteiger partial charge in [0.2, 0.25) is 0 Å². The van der Waals surface area contributed by atoms with Gasteiger partial charge in [-0.3, -0.25) is 9.59 Å². The van der Waals surface area contributed by atoms with Gasteiger partial charge in [-0.15, -0.1) is 0 Å². The van der Waals surface area contributed by atoms with Crippen LogP contribution in [-0.4, -0.2) is 65.9 Å². The summed E-state index contributed by atoms with van der Waals surface area (Å²) in [6.45, 7) is 0.359. The predicted octanol–water partition coefficient (Wildman–Crippen LogP) is -0.566. The number of carbonyl (C=O) groups is 2. The van der Waals surface area contributed by atoms with Crippen LogP contribution in [0.4, 0.5) is 0 Å². The van der Waals surface area contributed by atoms with Crippen molar-refractivity contribution in [1.29, 1.82) is 0 Å². The van der Waals surface area contributed by atoms with Crippen LogP contribution in [0.2, 0.25) is 0 Å². The third-order valence-electron chi connectivity index (χ3n) is 2.17. The summed E-state index contributed by atoms with van der Waals surface area (Å²) in [4.78, 5) is 21.1. The molecule has 18 heavy (non-hydrogen) atoms. The van der Waals surface area contributed by atoms with E-state index >= 15 is 0 Å². The predicted molar refractivity (Wildman–Crippen MR) is 63.3 cm³/mol. The molecule has 0 saturated heterocycles. The zero-order chi connectivity index (χ0) is 14.3. The minimum atomic E-state index is -4.06. The molecule has 0 atom stereocenters. The summed E-state index contributed by atoms with van der Waals surface area (Å²) in [6.07, 6.45) is 1.39. The fourth-order valence-corrected chi connectivity index (χ4v) is 2.52. The van der Waals surface area contributed by atoms with Crippen LogP contribution in [0.15, 0.2) is 0 Å². The van der Waals surface area contributed by atoms with Crippen LogP contribution in [0.25, 0.3) is 0 Å². The molecular weight excluding hydrogens is 264 g/mol. The van der Waals surface area contributed by atoms with Crippen molar-refractivity contribution >= 4 is 22.1 Å². The molecule has 0 aromatic heterocycles. The number of hydrogen-bond donors (Lipinski definition) is 2. The van der Waals surface area contributed by atoms with Gasteiger partial charge in [-0.05, 0) is 6.42 Å². The van der Waals surface area contributed by atoms with Crippen molar-refractivity contribution < 1.29 is 28.2 Å². The highest BCUT2D eigenvalue weighted by Crippen LogP contribution is 2.07. The monoisotopic (exact) mass is 282 g/mol. The number of unbranched alkanes of at least 4 members (excludes halogenated alkanes) is 1. The Morgan fingerprint density at radius 1 is 1.11 bits per heavy atom. The second-order valence-electron chi connectivity index (χ2n) is 3.74. The van der Waals surface area contributed by atoms with Crippen LogP contribution in [0.5, 0.6) is 0 Å². The first kappa shape index (κ1) is 16.8. The highest BCUT2D eigenvalue weighted by Gasteiger charge is 2.30. The molecule has 0 heterocycles. The Bertz CT molecular complexity index is 378. The third kappa shape index (κ3) is 5.43. The molecule has 0 aromatic rings. The minimum Gasteiger partial charge on any atom is -0.480 e. The highest BCUT2D eigenvalue weighted by molar-refractivity contribution is 7.86. The average Bonchev–Trinajstić information content (AvgIpc) is 2.23. The Hall–Kier alpha value is -1.19. The molecule has 9 heteroatoms. The van der Waals surface area contributed by atoms with E-state index in [1.165, 1.54) is 7.05 Å².